The van der Waals surface area contributed by atoms with Crippen LogP contribution in [0.1, 0.15) is 49.0 Å². The van der Waals surface area contributed by atoms with Crippen molar-refractivity contribution in [3.63, 3.8) is 0 Å². The van der Waals surface area contributed by atoms with Crippen molar-refractivity contribution in [2.24, 2.45) is 4.99 Å². The Balaban J connectivity index is 0.00000676. The Morgan fingerprint density at radius 1 is 1.07 bits per heavy atom. The number of rotatable bonds is 12. The molecular formula is C20H34IN3O3. The maximum absolute atomic E-state index is 11.4. The van der Waals surface area contributed by atoms with Crippen molar-refractivity contribution in [1.82, 2.24) is 10.6 Å². The largest absolute Gasteiger partial charge is 0.465 e. The van der Waals surface area contributed by atoms with Gasteiger partial charge in [0, 0.05) is 32.8 Å². The fourth-order valence-corrected chi connectivity index (χ4v) is 2.30. The number of guanidine groups is 1. The van der Waals surface area contributed by atoms with Crippen molar-refractivity contribution < 1.29 is 14.3 Å². The Bertz CT molecular complexity index is 536. The summed E-state index contributed by atoms with van der Waals surface area (Å²) in [6.07, 6.45) is 4.06. The summed E-state index contributed by atoms with van der Waals surface area (Å²) in [5, 5.41) is 6.58. The van der Waals surface area contributed by atoms with E-state index in [2.05, 4.69) is 29.5 Å². The summed E-state index contributed by atoms with van der Waals surface area (Å²) >= 11 is 0. The van der Waals surface area contributed by atoms with E-state index in [4.69, 9.17) is 9.47 Å². The zero-order valence-corrected chi connectivity index (χ0v) is 19.1. The van der Waals surface area contributed by atoms with Crippen LogP contribution in [-0.2, 0) is 15.9 Å². The number of methoxy groups -OCH3 is 1. The van der Waals surface area contributed by atoms with Crippen LogP contribution in [0.5, 0.6) is 0 Å². The summed E-state index contributed by atoms with van der Waals surface area (Å²) in [5.74, 6) is 0.516. The number of benzene rings is 1. The molecule has 0 aromatic heterocycles. The summed E-state index contributed by atoms with van der Waals surface area (Å²) in [6, 6.07) is 7.48. The molecule has 0 fully saturated rings. The maximum Gasteiger partial charge on any atom is 0.337 e. The van der Waals surface area contributed by atoms with E-state index in [1.165, 1.54) is 7.11 Å². The SMILES string of the molecule is CCCCOCCCN=C(NCC)NCCc1ccc(C(=O)OC)cc1.I. The number of hydrogen-bond donors (Lipinski definition) is 2. The Morgan fingerprint density at radius 3 is 2.41 bits per heavy atom. The zero-order chi connectivity index (χ0) is 19.0. The van der Waals surface area contributed by atoms with Gasteiger partial charge in [0.05, 0.1) is 12.7 Å². The molecule has 0 saturated heterocycles. The molecule has 0 spiro atoms. The molecule has 0 bridgehead atoms. The van der Waals surface area contributed by atoms with Crippen LogP contribution in [0.2, 0.25) is 0 Å². The van der Waals surface area contributed by atoms with Crippen molar-refractivity contribution in [3.05, 3.63) is 35.4 Å². The van der Waals surface area contributed by atoms with Gasteiger partial charge in [-0.25, -0.2) is 4.79 Å². The molecule has 154 valence electrons. The molecule has 0 heterocycles. The number of carbonyl (C=O) groups is 1. The summed E-state index contributed by atoms with van der Waals surface area (Å²) in [5.41, 5.74) is 1.73. The summed E-state index contributed by atoms with van der Waals surface area (Å²) in [7, 11) is 1.39. The molecule has 0 radical (unpaired) electrons. The van der Waals surface area contributed by atoms with E-state index in [0.717, 1.165) is 70.1 Å². The van der Waals surface area contributed by atoms with E-state index in [-0.39, 0.29) is 29.9 Å². The second-order valence-electron chi connectivity index (χ2n) is 5.95. The minimum atomic E-state index is -0.310. The first-order valence-electron chi connectivity index (χ1n) is 9.48. The second kappa shape index (κ2) is 16.8. The van der Waals surface area contributed by atoms with E-state index >= 15 is 0 Å². The molecule has 0 amide bonds. The quantitative estimate of drug-likeness (QED) is 0.154. The highest BCUT2D eigenvalue weighted by Gasteiger charge is 2.04. The van der Waals surface area contributed by atoms with Crippen LogP contribution in [0.4, 0.5) is 0 Å². The molecule has 0 unspecified atom stereocenters. The number of ether oxygens (including phenoxy) is 2. The minimum absolute atomic E-state index is 0. The monoisotopic (exact) mass is 491 g/mol. The summed E-state index contributed by atoms with van der Waals surface area (Å²) < 4.78 is 10.3. The number of esters is 1. The fourth-order valence-electron chi connectivity index (χ4n) is 2.30. The standard InChI is InChI=1S/C20H33N3O3.HI/c1-4-6-15-26-16-7-13-22-20(21-5-2)23-14-12-17-8-10-18(11-9-17)19(24)25-3;/h8-11H,4-7,12-16H2,1-3H3,(H2,21,22,23);1H. The van der Waals surface area contributed by atoms with Crippen LogP contribution < -0.4 is 10.6 Å². The lowest BCUT2D eigenvalue weighted by atomic mass is 10.1. The third-order valence-corrected chi connectivity index (χ3v) is 3.78. The van der Waals surface area contributed by atoms with Gasteiger partial charge in [0.1, 0.15) is 0 Å². The van der Waals surface area contributed by atoms with Gasteiger partial charge < -0.3 is 20.1 Å². The van der Waals surface area contributed by atoms with Crippen LogP contribution >= 0.6 is 24.0 Å². The fraction of sp³-hybridized carbons (Fsp3) is 0.600. The van der Waals surface area contributed by atoms with Gasteiger partial charge in [0.2, 0.25) is 0 Å². The van der Waals surface area contributed by atoms with E-state index in [0.29, 0.717) is 5.56 Å². The number of aliphatic imine (C=N–C) groups is 1. The molecule has 1 aromatic carbocycles. The Hall–Kier alpha value is -1.35. The van der Waals surface area contributed by atoms with Gasteiger partial charge >= 0.3 is 5.97 Å². The minimum Gasteiger partial charge on any atom is -0.465 e. The molecule has 0 aliphatic rings. The van der Waals surface area contributed by atoms with Crippen LogP contribution in [0.15, 0.2) is 29.3 Å². The first-order chi connectivity index (χ1) is 12.7. The highest BCUT2D eigenvalue weighted by molar-refractivity contribution is 14.0. The molecule has 7 heteroatoms. The Morgan fingerprint density at radius 2 is 1.78 bits per heavy atom. The van der Waals surface area contributed by atoms with Gasteiger partial charge in [0.15, 0.2) is 5.96 Å². The van der Waals surface area contributed by atoms with Gasteiger partial charge in [0.25, 0.3) is 0 Å². The molecule has 0 saturated carbocycles. The highest BCUT2D eigenvalue weighted by Crippen LogP contribution is 2.06. The molecule has 0 atom stereocenters. The molecule has 1 rings (SSSR count). The van der Waals surface area contributed by atoms with Crippen LogP contribution in [0, 0.1) is 0 Å². The van der Waals surface area contributed by atoms with E-state index < -0.39 is 0 Å². The van der Waals surface area contributed by atoms with Gasteiger partial charge in [-0.2, -0.15) is 0 Å². The molecule has 1 aromatic rings. The number of hydrogen-bond acceptors (Lipinski definition) is 4. The van der Waals surface area contributed by atoms with Crippen LogP contribution in [0.25, 0.3) is 0 Å². The average Bonchev–Trinajstić information content (AvgIpc) is 2.67. The normalized spacial score (nSPS) is 10.9. The van der Waals surface area contributed by atoms with Crippen molar-refractivity contribution in [2.45, 2.75) is 39.5 Å². The number of nitrogens with one attached hydrogen (secondary N) is 2. The first kappa shape index (κ1) is 25.6. The number of carbonyl (C=O) groups excluding carboxylic acids is 1. The third-order valence-electron chi connectivity index (χ3n) is 3.78. The predicted molar refractivity (Wildman–Crippen MR) is 121 cm³/mol. The Labute approximate surface area is 180 Å². The lowest BCUT2D eigenvalue weighted by molar-refractivity contribution is 0.0600. The molecule has 0 aliphatic carbocycles. The second-order valence-corrected chi connectivity index (χ2v) is 5.95. The Kier molecular flexibility index (Phi) is 16.0. The number of unbranched alkanes of at least 4 members (excludes halogenated alkanes) is 1. The van der Waals surface area contributed by atoms with Crippen molar-refractivity contribution in [3.8, 4) is 0 Å². The lowest BCUT2D eigenvalue weighted by Crippen LogP contribution is -2.38. The smallest absolute Gasteiger partial charge is 0.337 e. The van der Waals surface area contributed by atoms with Crippen molar-refractivity contribution >= 4 is 35.9 Å². The van der Waals surface area contributed by atoms with E-state index in [1.54, 1.807) is 12.1 Å². The molecule has 0 aliphatic heterocycles. The first-order valence-corrected chi connectivity index (χ1v) is 9.48. The highest BCUT2D eigenvalue weighted by atomic mass is 127. The van der Waals surface area contributed by atoms with Crippen LogP contribution in [0.3, 0.4) is 0 Å². The molecule has 2 N–H and O–H groups in total. The van der Waals surface area contributed by atoms with Crippen LogP contribution in [-0.4, -0.2) is 51.9 Å². The predicted octanol–water partition coefficient (Wildman–Crippen LogP) is 3.40. The van der Waals surface area contributed by atoms with Crippen molar-refractivity contribution in [2.75, 3.05) is 40.0 Å². The topological polar surface area (TPSA) is 72.0 Å². The van der Waals surface area contributed by atoms with Gasteiger partial charge in [-0.3, -0.25) is 4.99 Å². The molecule has 6 nitrogen and oxygen atoms in total. The third kappa shape index (κ3) is 11.9. The lowest BCUT2D eigenvalue weighted by Gasteiger charge is -2.11. The van der Waals surface area contributed by atoms with E-state index in [9.17, 15) is 4.79 Å². The van der Waals surface area contributed by atoms with Gasteiger partial charge in [-0.15, -0.1) is 24.0 Å². The molecular weight excluding hydrogens is 457 g/mol. The van der Waals surface area contributed by atoms with Gasteiger partial charge in [-0.1, -0.05) is 25.5 Å². The number of halogens is 1. The summed E-state index contributed by atoms with van der Waals surface area (Å²) in [4.78, 5) is 16.0. The maximum atomic E-state index is 11.4. The molecule has 27 heavy (non-hydrogen) atoms. The van der Waals surface area contributed by atoms with Crippen molar-refractivity contribution in [1.29, 1.82) is 0 Å². The number of nitrogens with zero attached hydrogens (tertiary/aromatic N) is 1. The average molecular weight is 491 g/mol. The van der Waals surface area contributed by atoms with E-state index in [1.807, 2.05) is 12.1 Å². The summed E-state index contributed by atoms with van der Waals surface area (Å²) in [6.45, 7) is 8.16. The van der Waals surface area contributed by atoms with Gasteiger partial charge in [-0.05, 0) is 43.9 Å². The zero-order valence-electron chi connectivity index (χ0n) is 16.8.